The Labute approximate surface area is 220 Å². The van der Waals surface area contributed by atoms with Crippen LogP contribution in [0.5, 0.6) is 0 Å². The molecule has 1 saturated heterocycles. The second-order valence-corrected chi connectivity index (χ2v) is 13.4. The van der Waals surface area contributed by atoms with E-state index in [0.717, 1.165) is 16.9 Å². The van der Waals surface area contributed by atoms with Crippen molar-refractivity contribution in [1.29, 1.82) is 0 Å². The Bertz CT molecular complexity index is 917. The minimum atomic E-state index is -0.755. The average Bonchev–Trinajstić information content (AvgIpc) is 2.83. The number of nitrogens with zero attached hydrogens (tertiary/aromatic N) is 1. The fourth-order valence-corrected chi connectivity index (χ4v) is 7.67. The number of nitrogens with one attached hydrogen (secondary N) is 2. The summed E-state index contributed by atoms with van der Waals surface area (Å²) in [6, 6.07) is 5.82. The molecule has 2 aliphatic heterocycles. The van der Waals surface area contributed by atoms with Gasteiger partial charge in [0.2, 0.25) is 11.8 Å². The van der Waals surface area contributed by atoms with Crippen LogP contribution >= 0.6 is 33.3 Å². The summed E-state index contributed by atoms with van der Waals surface area (Å²) >= 11 is 1.59. The molecule has 0 spiro atoms. The summed E-state index contributed by atoms with van der Waals surface area (Å²) in [7, 11) is 4.64. The summed E-state index contributed by atoms with van der Waals surface area (Å²) in [5.41, 5.74) is 8.24. The van der Waals surface area contributed by atoms with Gasteiger partial charge in [0.25, 0.3) is 0 Å². The second-order valence-electron chi connectivity index (χ2n) is 9.39. The maximum Gasteiger partial charge on any atom is 0.328 e. The molecule has 11 heteroatoms. The molecule has 8 nitrogen and oxygen atoms in total. The number of carbonyl (C=O) groups excluding carboxylic acids is 3. The molecule has 4 N–H and O–H groups in total. The van der Waals surface area contributed by atoms with Crippen molar-refractivity contribution in [3.8, 4) is 0 Å². The van der Waals surface area contributed by atoms with Gasteiger partial charge in [0.05, 0.1) is 7.11 Å². The standard InChI is InChI=1S/C24H36N4O4S3/c1-24(2)20(26-12-17(25)14-34-35-24)22(30)28-13-16-8-6-5-7-15(16)11-19(28)21(29)27-18(9-10-33-4)23(31)32-3/h5-8,17-20,26H,9-14,25H2,1-4H3,(H,27,29)/t17-,18+,19+,20-/m1/s1. The van der Waals surface area contributed by atoms with Gasteiger partial charge in [0.1, 0.15) is 18.1 Å². The number of rotatable bonds is 7. The van der Waals surface area contributed by atoms with Crippen LogP contribution in [-0.4, -0.2) is 83.0 Å². The summed E-state index contributed by atoms with van der Waals surface area (Å²) in [5, 5.41) is 6.25. The number of fused-ring (bicyclic) bond motifs is 1. The van der Waals surface area contributed by atoms with E-state index in [2.05, 4.69) is 10.6 Å². The van der Waals surface area contributed by atoms with E-state index < -0.39 is 28.8 Å². The number of benzene rings is 1. The number of esters is 1. The van der Waals surface area contributed by atoms with E-state index in [1.54, 1.807) is 38.2 Å². The van der Waals surface area contributed by atoms with Crippen LogP contribution < -0.4 is 16.4 Å². The molecule has 0 radical (unpaired) electrons. The van der Waals surface area contributed by atoms with Crippen molar-refractivity contribution < 1.29 is 19.1 Å². The van der Waals surface area contributed by atoms with E-state index in [1.807, 2.05) is 44.4 Å². The first-order valence-corrected chi connectivity index (χ1v) is 15.4. The van der Waals surface area contributed by atoms with Crippen LogP contribution in [0.4, 0.5) is 0 Å². The lowest BCUT2D eigenvalue weighted by Crippen LogP contribution is -2.63. The third-order valence-corrected chi connectivity index (χ3v) is 10.4. The molecule has 1 aromatic carbocycles. The van der Waals surface area contributed by atoms with Gasteiger partial charge >= 0.3 is 5.97 Å². The number of methoxy groups -OCH3 is 1. The van der Waals surface area contributed by atoms with Crippen molar-refractivity contribution in [1.82, 2.24) is 15.5 Å². The molecule has 2 amide bonds. The summed E-state index contributed by atoms with van der Waals surface area (Å²) in [4.78, 5) is 41.6. The Morgan fingerprint density at radius 3 is 2.71 bits per heavy atom. The number of carbonyl (C=O) groups is 3. The van der Waals surface area contributed by atoms with Gasteiger partial charge < -0.3 is 26.0 Å². The monoisotopic (exact) mass is 540 g/mol. The van der Waals surface area contributed by atoms with Crippen LogP contribution in [-0.2, 0) is 32.1 Å². The summed E-state index contributed by atoms with van der Waals surface area (Å²) in [6.07, 6.45) is 2.79. The van der Waals surface area contributed by atoms with Crippen LogP contribution in [0.25, 0.3) is 0 Å². The van der Waals surface area contributed by atoms with E-state index >= 15 is 0 Å². The van der Waals surface area contributed by atoms with E-state index in [4.69, 9.17) is 10.5 Å². The third kappa shape index (κ3) is 7.09. The van der Waals surface area contributed by atoms with Crippen LogP contribution in [0.3, 0.4) is 0 Å². The van der Waals surface area contributed by atoms with E-state index in [-0.39, 0.29) is 17.9 Å². The maximum atomic E-state index is 14.0. The van der Waals surface area contributed by atoms with Crippen LogP contribution in [0.1, 0.15) is 31.4 Å². The highest BCUT2D eigenvalue weighted by molar-refractivity contribution is 8.77. The van der Waals surface area contributed by atoms with Crippen molar-refractivity contribution >= 4 is 51.1 Å². The van der Waals surface area contributed by atoms with Gasteiger partial charge in [-0.2, -0.15) is 11.8 Å². The number of hydrogen-bond acceptors (Lipinski definition) is 9. The fraction of sp³-hybridized carbons (Fsp3) is 0.625. The quantitative estimate of drug-likeness (QED) is 0.352. The number of hydrogen-bond donors (Lipinski definition) is 3. The molecule has 0 bridgehead atoms. The molecule has 3 rings (SSSR count). The SMILES string of the molecule is COC(=O)[C@H](CCSC)NC(=O)[C@@H]1Cc2ccccc2CN1C(=O)[C@H]1NC[C@@H](N)CSSC1(C)C. The minimum Gasteiger partial charge on any atom is -0.467 e. The number of ether oxygens (including phenoxy) is 1. The van der Waals surface area contributed by atoms with Crippen molar-refractivity contribution in [3.63, 3.8) is 0 Å². The highest BCUT2D eigenvalue weighted by Gasteiger charge is 2.44. The van der Waals surface area contributed by atoms with E-state index in [1.165, 1.54) is 7.11 Å². The molecule has 0 unspecified atom stereocenters. The van der Waals surface area contributed by atoms with Gasteiger partial charge in [-0.3, -0.25) is 9.59 Å². The van der Waals surface area contributed by atoms with E-state index in [0.29, 0.717) is 31.7 Å². The molecular weight excluding hydrogens is 504 g/mol. The zero-order valence-electron chi connectivity index (χ0n) is 20.7. The summed E-state index contributed by atoms with van der Waals surface area (Å²) in [5.74, 6) is 0.546. The van der Waals surface area contributed by atoms with Gasteiger partial charge in [-0.25, -0.2) is 4.79 Å². The molecular formula is C24H36N4O4S3. The molecule has 0 aliphatic carbocycles. The highest BCUT2D eigenvalue weighted by atomic mass is 33.1. The minimum absolute atomic E-state index is 0.0580. The molecule has 0 aromatic heterocycles. The lowest BCUT2D eigenvalue weighted by molar-refractivity contribution is -0.148. The van der Waals surface area contributed by atoms with Gasteiger partial charge in [-0.15, -0.1) is 0 Å². The summed E-state index contributed by atoms with van der Waals surface area (Å²) in [6.45, 7) is 4.94. The lowest BCUT2D eigenvalue weighted by Gasteiger charge is -2.42. The first-order valence-electron chi connectivity index (χ1n) is 11.7. The lowest BCUT2D eigenvalue weighted by atomic mass is 9.91. The fourth-order valence-electron chi connectivity index (χ4n) is 4.33. The highest BCUT2D eigenvalue weighted by Crippen LogP contribution is 2.40. The second kappa shape index (κ2) is 12.7. The molecule has 2 aliphatic rings. The Morgan fingerprint density at radius 2 is 2.03 bits per heavy atom. The van der Waals surface area contributed by atoms with Crippen LogP contribution in [0.15, 0.2) is 24.3 Å². The number of nitrogens with two attached hydrogens (primary N) is 1. The third-order valence-electron chi connectivity index (χ3n) is 6.33. The van der Waals surface area contributed by atoms with E-state index in [9.17, 15) is 14.4 Å². The Kier molecular flexibility index (Phi) is 10.2. The molecule has 2 heterocycles. The largest absolute Gasteiger partial charge is 0.467 e. The zero-order valence-corrected chi connectivity index (χ0v) is 23.2. The number of amides is 2. The first kappa shape index (κ1) is 28.2. The van der Waals surface area contributed by atoms with Gasteiger partial charge in [-0.1, -0.05) is 45.9 Å². The molecule has 4 atom stereocenters. The average molecular weight is 541 g/mol. The molecule has 1 aromatic rings. The summed E-state index contributed by atoms with van der Waals surface area (Å²) < 4.78 is 4.51. The van der Waals surface area contributed by atoms with Crippen molar-refractivity contribution in [2.75, 3.05) is 31.4 Å². The Hall–Kier alpha value is -1.40. The van der Waals surface area contributed by atoms with Crippen molar-refractivity contribution in [2.45, 2.75) is 62.1 Å². The normalized spacial score (nSPS) is 24.9. The van der Waals surface area contributed by atoms with Crippen LogP contribution in [0.2, 0.25) is 0 Å². The predicted octanol–water partition coefficient (Wildman–Crippen LogP) is 1.81. The van der Waals surface area contributed by atoms with Gasteiger partial charge in [0.15, 0.2) is 0 Å². The molecule has 194 valence electrons. The topological polar surface area (TPSA) is 114 Å². The molecule has 1 fully saturated rings. The van der Waals surface area contributed by atoms with Crippen LogP contribution in [0, 0.1) is 0 Å². The van der Waals surface area contributed by atoms with Crippen molar-refractivity contribution in [2.24, 2.45) is 5.73 Å². The maximum absolute atomic E-state index is 14.0. The van der Waals surface area contributed by atoms with Gasteiger partial charge in [-0.05, 0) is 43.4 Å². The molecule has 35 heavy (non-hydrogen) atoms. The Balaban J connectivity index is 1.89. The predicted molar refractivity (Wildman–Crippen MR) is 145 cm³/mol. The van der Waals surface area contributed by atoms with Gasteiger partial charge in [0, 0.05) is 36.1 Å². The van der Waals surface area contributed by atoms with Crippen molar-refractivity contribution in [3.05, 3.63) is 35.4 Å². The smallest absolute Gasteiger partial charge is 0.328 e. The molecule has 0 saturated carbocycles. The zero-order chi connectivity index (χ0) is 25.6. The Morgan fingerprint density at radius 1 is 1.31 bits per heavy atom. The first-order chi connectivity index (χ1) is 16.7. The number of thioether (sulfide) groups is 1.